The molecule has 0 spiro atoms. The molecule has 1 aliphatic rings. The van der Waals surface area contributed by atoms with Crippen LogP contribution >= 0.6 is 23.1 Å². The van der Waals surface area contributed by atoms with Crippen molar-refractivity contribution in [3.8, 4) is 0 Å². The van der Waals surface area contributed by atoms with Crippen LogP contribution in [0.25, 0.3) is 0 Å². The van der Waals surface area contributed by atoms with E-state index in [1.807, 2.05) is 17.8 Å². The van der Waals surface area contributed by atoms with Crippen LogP contribution in [-0.4, -0.2) is 41.1 Å². The van der Waals surface area contributed by atoms with Gasteiger partial charge in [-0.25, -0.2) is 13.4 Å². The highest BCUT2D eigenvalue weighted by Gasteiger charge is 2.30. The van der Waals surface area contributed by atoms with Gasteiger partial charge in [0.05, 0.1) is 6.33 Å². The predicted octanol–water partition coefficient (Wildman–Crippen LogP) is 2.35. The van der Waals surface area contributed by atoms with Crippen molar-refractivity contribution in [3.63, 3.8) is 0 Å². The van der Waals surface area contributed by atoms with E-state index in [1.165, 1.54) is 11.2 Å². The Labute approximate surface area is 133 Å². The molecule has 0 radical (unpaired) electrons. The lowest BCUT2D eigenvalue weighted by Crippen LogP contribution is -2.33. The Hall–Kier alpha value is -0.830. The van der Waals surface area contributed by atoms with Gasteiger partial charge in [0.1, 0.15) is 0 Å². The second kappa shape index (κ2) is 6.12. The fourth-order valence-electron chi connectivity index (χ4n) is 2.35. The second-order valence-electron chi connectivity index (χ2n) is 4.94. The lowest BCUT2D eigenvalue weighted by molar-refractivity contribution is 0.426. The SMILES string of the molecule is Cn1cnc(S(=O)(=O)N2CCSC(c3cccs3)CC2)c1. The van der Waals surface area contributed by atoms with Crippen molar-refractivity contribution in [2.75, 3.05) is 18.8 Å². The Morgan fingerprint density at radius 3 is 2.90 bits per heavy atom. The Morgan fingerprint density at radius 1 is 1.38 bits per heavy atom. The molecule has 1 aliphatic heterocycles. The lowest BCUT2D eigenvalue weighted by atomic mass is 10.2. The molecule has 0 amide bonds. The van der Waals surface area contributed by atoms with Crippen molar-refractivity contribution in [1.82, 2.24) is 13.9 Å². The van der Waals surface area contributed by atoms with Crippen LogP contribution in [0.15, 0.2) is 35.1 Å². The summed E-state index contributed by atoms with van der Waals surface area (Å²) in [6.45, 7) is 1.10. The van der Waals surface area contributed by atoms with Gasteiger partial charge in [-0.05, 0) is 17.9 Å². The molecule has 2 aromatic heterocycles. The van der Waals surface area contributed by atoms with Gasteiger partial charge in [-0.1, -0.05) is 6.07 Å². The summed E-state index contributed by atoms with van der Waals surface area (Å²) in [5, 5.41) is 2.61. The first-order valence-electron chi connectivity index (χ1n) is 6.70. The average molecular weight is 343 g/mol. The molecular weight excluding hydrogens is 326 g/mol. The zero-order chi connectivity index (χ0) is 14.9. The van der Waals surface area contributed by atoms with E-state index in [0.717, 1.165) is 12.2 Å². The van der Waals surface area contributed by atoms with Crippen molar-refractivity contribution >= 4 is 33.1 Å². The quantitative estimate of drug-likeness (QED) is 0.858. The third-order valence-corrected chi connectivity index (χ3v) is 7.68. The van der Waals surface area contributed by atoms with Gasteiger partial charge in [-0.2, -0.15) is 16.1 Å². The number of thiophene rings is 1. The Bertz CT molecular complexity index is 694. The molecule has 0 aliphatic carbocycles. The minimum absolute atomic E-state index is 0.143. The molecule has 1 saturated heterocycles. The molecule has 0 N–H and O–H groups in total. The van der Waals surface area contributed by atoms with Crippen LogP contribution in [0.3, 0.4) is 0 Å². The van der Waals surface area contributed by atoms with Crippen molar-refractivity contribution in [3.05, 3.63) is 34.9 Å². The number of hydrogen-bond donors (Lipinski definition) is 0. The number of aryl methyl sites for hydroxylation is 1. The molecular formula is C13H17N3O2S3. The minimum atomic E-state index is -3.47. The maximum atomic E-state index is 12.6. The van der Waals surface area contributed by atoms with E-state index >= 15 is 0 Å². The van der Waals surface area contributed by atoms with E-state index in [9.17, 15) is 8.42 Å². The van der Waals surface area contributed by atoms with Gasteiger partial charge in [0.2, 0.25) is 0 Å². The maximum absolute atomic E-state index is 12.6. The summed E-state index contributed by atoms with van der Waals surface area (Å²) in [5.41, 5.74) is 0. The largest absolute Gasteiger partial charge is 0.339 e. The second-order valence-corrected chi connectivity index (χ2v) is 9.12. The summed E-state index contributed by atoms with van der Waals surface area (Å²) >= 11 is 3.58. The summed E-state index contributed by atoms with van der Waals surface area (Å²) in [5.74, 6) is 0.814. The Balaban J connectivity index is 1.75. The van der Waals surface area contributed by atoms with Gasteiger partial charge >= 0.3 is 0 Å². The van der Waals surface area contributed by atoms with E-state index in [4.69, 9.17) is 0 Å². The molecule has 114 valence electrons. The van der Waals surface area contributed by atoms with Crippen molar-refractivity contribution in [2.45, 2.75) is 16.7 Å². The standard InChI is InChI=1S/C13H17N3O2S3/c1-15-9-13(14-10-15)21(17,18)16-5-4-12(20-8-6-16)11-3-2-7-19-11/h2-3,7,9-10,12H,4-6,8H2,1H3. The van der Waals surface area contributed by atoms with Gasteiger partial charge in [0.15, 0.2) is 5.03 Å². The van der Waals surface area contributed by atoms with Crippen LogP contribution in [0, 0.1) is 0 Å². The van der Waals surface area contributed by atoms with Crippen molar-refractivity contribution in [2.24, 2.45) is 7.05 Å². The first kappa shape index (κ1) is 15.1. The van der Waals surface area contributed by atoms with Crippen LogP contribution in [0.5, 0.6) is 0 Å². The maximum Gasteiger partial charge on any atom is 0.262 e. The highest BCUT2D eigenvalue weighted by atomic mass is 32.2. The summed E-state index contributed by atoms with van der Waals surface area (Å²) < 4.78 is 28.4. The fourth-order valence-corrected chi connectivity index (χ4v) is 6.12. The summed E-state index contributed by atoms with van der Waals surface area (Å²) in [4.78, 5) is 5.32. The van der Waals surface area contributed by atoms with Gasteiger partial charge < -0.3 is 4.57 Å². The highest BCUT2D eigenvalue weighted by Crippen LogP contribution is 2.37. The number of thioether (sulfide) groups is 1. The van der Waals surface area contributed by atoms with Crippen LogP contribution < -0.4 is 0 Å². The highest BCUT2D eigenvalue weighted by molar-refractivity contribution is 7.99. The summed E-state index contributed by atoms with van der Waals surface area (Å²) in [7, 11) is -1.69. The van der Waals surface area contributed by atoms with Crippen LogP contribution in [0.4, 0.5) is 0 Å². The molecule has 0 aromatic carbocycles. The molecule has 21 heavy (non-hydrogen) atoms. The van der Waals surface area contributed by atoms with Gasteiger partial charge in [0.25, 0.3) is 10.0 Å². The Kier molecular flexibility index (Phi) is 4.39. The molecule has 3 rings (SSSR count). The van der Waals surface area contributed by atoms with Crippen LogP contribution in [-0.2, 0) is 17.1 Å². The molecule has 5 nitrogen and oxygen atoms in total. The van der Waals surface area contributed by atoms with E-state index in [1.54, 1.807) is 33.5 Å². The average Bonchev–Trinajstić information content (AvgIpc) is 3.06. The molecule has 1 unspecified atom stereocenters. The predicted molar refractivity (Wildman–Crippen MR) is 86.1 cm³/mol. The topological polar surface area (TPSA) is 55.2 Å². The number of rotatable bonds is 3. The van der Waals surface area contributed by atoms with E-state index in [0.29, 0.717) is 18.3 Å². The third kappa shape index (κ3) is 3.18. The zero-order valence-electron chi connectivity index (χ0n) is 11.7. The fraction of sp³-hybridized carbons (Fsp3) is 0.462. The zero-order valence-corrected chi connectivity index (χ0v) is 14.1. The van der Waals surface area contributed by atoms with Crippen molar-refractivity contribution in [1.29, 1.82) is 0 Å². The van der Waals surface area contributed by atoms with Crippen LogP contribution in [0.2, 0.25) is 0 Å². The first-order chi connectivity index (χ1) is 10.1. The Morgan fingerprint density at radius 2 is 2.24 bits per heavy atom. The molecule has 3 heterocycles. The number of hydrogen-bond acceptors (Lipinski definition) is 5. The van der Waals surface area contributed by atoms with Gasteiger partial charge in [-0.15, -0.1) is 11.3 Å². The molecule has 0 saturated carbocycles. The lowest BCUT2D eigenvalue weighted by Gasteiger charge is -2.18. The number of nitrogens with zero attached hydrogens (tertiary/aromatic N) is 3. The van der Waals surface area contributed by atoms with Gasteiger partial charge in [-0.3, -0.25) is 0 Å². The molecule has 0 bridgehead atoms. The van der Waals surface area contributed by atoms with Crippen molar-refractivity contribution < 1.29 is 8.42 Å². The smallest absolute Gasteiger partial charge is 0.262 e. The first-order valence-corrected chi connectivity index (χ1v) is 10.1. The molecule has 1 fully saturated rings. The van der Waals surface area contributed by atoms with E-state index < -0.39 is 10.0 Å². The summed E-state index contributed by atoms with van der Waals surface area (Å²) in [6, 6.07) is 4.18. The molecule has 8 heteroatoms. The molecule has 2 aromatic rings. The summed E-state index contributed by atoms with van der Waals surface area (Å²) in [6.07, 6.45) is 3.93. The molecule has 1 atom stereocenters. The van der Waals surface area contributed by atoms with E-state index in [2.05, 4.69) is 16.4 Å². The van der Waals surface area contributed by atoms with Gasteiger partial charge in [0, 0.05) is 42.2 Å². The number of sulfonamides is 1. The van der Waals surface area contributed by atoms with Crippen LogP contribution in [0.1, 0.15) is 16.5 Å². The number of aromatic nitrogens is 2. The minimum Gasteiger partial charge on any atom is -0.339 e. The normalized spacial score (nSPS) is 21.3. The van der Waals surface area contributed by atoms with E-state index in [-0.39, 0.29) is 5.03 Å². The monoisotopic (exact) mass is 343 g/mol. The number of imidazole rings is 1. The third-order valence-electron chi connectivity index (χ3n) is 3.45.